The van der Waals surface area contributed by atoms with E-state index in [1.54, 1.807) is 6.07 Å². The van der Waals surface area contributed by atoms with Crippen molar-refractivity contribution in [2.45, 2.75) is 31.8 Å². The number of carbonyl (C=O) groups excluding carboxylic acids is 2. The molecule has 2 amide bonds. The number of hydrogen-bond donors (Lipinski definition) is 2. The van der Waals surface area contributed by atoms with Crippen LogP contribution >= 0.6 is 34.5 Å². The van der Waals surface area contributed by atoms with E-state index in [0.29, 0.717) is 21.5 Å². The van der Waals surface area contributed by atoms with E-state index in [9.17, 15) is 9.59 Å². The van der Waals surface area contributed by atoms with Crippen LogP contribution in [0.5, 0.6) is 0 Å². The Balaban J connectivity index is 2.03. The van der Waals surface area contributed by atoms with Gasteiger partial charge in [-0.15, -0.1) is 11.3 Å². The number of hydrogen-bond acceptors (Lipinski definition) is 4. The predicted molar refractivity (Wildman–Crippen MR) is 72.1 cm³/mol. The van der Waals surface area contributed by atoms with Crippen molar-refractivity contribution in [1.82, 2.24) is 10.6 Å². The van der Waals surface area contributed by atoms with Crippen LogP contribution in [0, 0.1) is 0 Å². The number of carbonyl (C=O) groups is 2. The first-order valence-corrected chi connectivity index (χ1v) is 7.09. The number of halogens is 2. The quantitative estimate of drug-likeness (QED) is 0.844. The summed E-state index contributed by atoms with van der Waals surface area (Å²) in [6, 6.07) is 1.33. The van der Waals surface area contributed by atoms with Gasteiger partial charge < -0.3 is 0 Å². The number of piperidine rings is 1. The zero-order valence-corrected chi connectivity index (χ0v) is 12.0. The minimum Gasteiger partial charge on any atom is -0.299 e. The molecule has 1 aromatic rings. The van der Waals surface area contributed by atoms with Gasteiger partial charge in [0.05, 0.1) is 14.7 Å². The molecule has 0 radical (unpaired) electrons. The second-order valence-electron chi connectivity index (χ2n) is 4.17. The van der Waals surface area contributed by atoms with Gasteiger partial charge in [0.2, 0.25) is 11.8 Å². The van der Waals surface area contributed by atoms with Gasteiger partial charge in [0.1, 0.15) is 0 Å². The Bertz CT molecular complexity index is 489. The van der Waals surface area contributed by atoms with Crippen molar-refractivity contribution >= 4 is 46.4 Å². The third-order valence-electron chi connectivity index (χ3n) is 2.84. The van der Waals surface area contributed by atoms with E-state index < -0.39 is 0 Å². The number of nitrogens with one attached hydrogen (secondary N) is 2. The molecule has 0 bridgehead atoms. The summed E-state index contributed by atoms with van der Waals surface area (Å²) in [6.45, 7) is 1.91. The smallest absolute Gasteiger partial charge is 0.243 e. The lowest BCUT2D eigenvalue weighted by Gasteiger charge is -2.25. The number of amides is 2. The second-order valence-corrected chi connectivity index (χ2v) is 6.46. The van der Waals surface area contributed by atoms with Gasteiger partial charge in [-0.1, -0.05) is 23.2 Å². The molecule has 7 heteroatoms. The lowest BCUT2D eigenvalue weighted by Crippen LogP contribution is -2.51. The summed E-state index contributed by atoms with van der Waals surface area (Å²) < 4.78 is 1.24. The fourth-order valence-electron chi connectivity index (χ4n) is 1.89. The van der Waals surface area contributed by atoms with E-state index in [4.69, 9.17) is 23.2 Å². The Morgan fingerprint density at radius 2 is 2.22 bits per heavy atom. The number of thiophene rings is 1. The summed E-state index contributed by atoms with van der Waals surface area (Å²) in [5, 5.41) is 5.47. The molecular formula is C11H12Cl2N2O2S. The van der Waals surface area contributed by atoms with Crippen molar-refractivity contribution in [3.05, 3.63) is 20.3 Å². The van der Waals surface area contributed by atoms with Gasteiger partial charge in [-0.25, -0.2) is 0 Å². The SMILES string of the molecule is CC(NC1CCC(=O)NC1=O)c1cc(Cl)sc1Cl. The summed E-state index contributed by atoms with van der Waals surface area (Å²) in [5.74, 6) is -0.502. The normalized spacial score (nSPS) is 21.8. The average Bonchev–Trinajstić information content (AvgIpc) is 2.62. The summed E-state index contributed by atoms with van der Waals surface area (Å²) >= 11 is 13.2. The Morgan fingerprint density at radius 3 is 2.78 bits per heavy atom. The van der Waals surface area contributed by atoms with Gasteiger partial charge in [-0.3, -0.25) is 20.2 Å². The summed E-state index contributed by atoms with van der Waals surface area (Å²) in [6.07, 6.45) is 0.860. The van der Waals surface area contributed by atoms with E-state index in [-0.39, 0.29) is 23.9 Å². The third kappa shape index (κ3) is 3.03. The van der Waals surface area contributed by atoms with Crippen molar-refractivity contribution in [1.29, 1.82) is 0 Å². The predicted octanol–water partition coefficient (Wildman–Crippen LogP) is 2.51. The van der Waals surface area contributed by atoms with E-state index in [1.807, 2.05) is 6.92 Å². The Labute approximate surface area is 119 Å². The van der Waals surface area contributed by atoms with Crippen molar-refractivity contribution in [3.63, 3.8) is 0 Å². The first-order valence-electron chi connectivity index (χ1n) is 5.52. The minimum absolute atomic E-state index is 0.0924. The van der Waals surface area contributed by atoms with E-state index >= 15 is 0 Å². The van der Waals surface area contributed by atoms with E-state index in [2.05, 4.69) is 10.6 Å². The van der Waals surface area contributed by atoms with Gasteiger partial charge >= 0.3 is 0 Å². The largest absolute Gasteiger partial charge is 0.299 e. The van der Waals surface area contributed by atoms with Gasteiger partial charge in [0, 0.05) is 12.5 Å². The molecule has 1 fully saturated rings. The van der Waals surface area contributed by atoms with Crippen LogP contribution in [0.15, 0.2) is 6.07 Å². The average molecular weight is 307 g/mol. The maximum atomic E-state index is 11.6. The molecule has 98 valence electrons. The van der Waals surface area contributed by atoms with Crippen LogP contribution in [-0.2, 0) is 9.59 Å². The highest BCUT2D eigenvalue weighted by molar-refractivity contribution is 7.20. The molecule has 1 aliphatic rings. The molecule has 2 heterocycles. The van der Waals surface area contributed by atoms with Crippen molar-refractivity contribution in [2.24, 2.45) is 0 Å². The molecular weight excluding hydrogens is 295 g/mol. The highest BCUT2D eigenvalue weighted by atomic mass is 35.5. The minimum atomic E-state index is -0.368. The van der Waals surface area contributed by atoms with Crippen molar-refractivity contribution in [3.8, 4) is 0 Å². The van der Waals surface area contributed by atoms with Gasteiger partial charge in [-0.2, -0.15) is 0 Å². The molecule has 0 spiro atoms. The number of rotatable bonds is 3. The Hall–Kier alpha value is -0.620. The van der Waals surface area contributed by atoms with E-state index in [0.717, 1.165) is 5.56 Å². The van der Waals surface area contributed by atoms with Gasteiger partial charge in [0.25, 0.3) is 0 Å². The molecule has 4 nitrogen and oxygen atoms in total. The van der Waals surface area contributed by atoms with Crippen LogP contribution in [0.2, 0.25) is 8.67 Å². The molecule has 2 rings (SSSR count). The fraction of sp³-hybridized carbons (Fsp3) is 0.455. The standard InChI is InChI=1S/C11H12Cl2N2O2S/c1-5(6-4-8(12)18-10(6)13)14-7-2-3-9(16)15-11(7)17/h4-5,7,14H,2-3H2,1H3,(H,15,16,17). The molecule has 1 saturated heterocycles. The highest BCUT2D eigenvalue weighted by Gasteiger charge is 2.28. The molecule has 18 heavy (non-hydrogen) atoms. The first-order chi connectivity index (χ1) is 8.47. The summed E-state index contributed by atoms with van der Waals surface area (Å²) in [5.41, 5.74) is 0.872. The zero-order chi connectivity index (χ0) is 13.3. The Kier molecular flexibility index (Phi) is 4.27. The second kappa shape index (κ2) is 5.57. The van der Waals surface area contributed by atoms with Crippen molar-refractivity contribution < 1.29 is 9.59 Å². The molecule has 1 aromatic heterocycles. The van der Waals surface area contributed by atoms with Crippen LogP contribution < -0.4 is 10.6 Å². The third-order valence-corrected chi connectivity index (χ3v) is 4.36. The lowest BCUT2D eigenvalue weighted by molar-refractivity contribution is -0.134. The maximum absolute atomic E-state index is 11.6. The fourth-order valence-corrected chi connectivity index (χ4v) is 3.54. The molecule has 0 aromatic carbocycles. The lowest BCUT2D eigenvalue weighted by atomic mass is 10.0. The van der Waals surface area contributed by atoms with Crippen LogP contribution in [0.3, 0.4) is 0 Å². The molecule has 2 atom stereocenters. The van der Waals surface area contributed by atoms with Crippen LogP contribution in [-0.4, -0.2) is 17.9 Å². The van der Waals surface area contributed by atoms with E-state index in [1.165, 1.54) is 11.3 Å². The molecule has 2 unspecified atom stereocenters. The first kappa shape index (κ1) is 13.8. The maximum Gasteiger partial charge on any atom is 0.243 e. The topological polar surface area (TPSA) is 58.2 Å². The molecule has 0 saturated carbocycles. The summed E-state index contributed by atoms with van der Waals surface area (Å²) in [4.78, 5) is 22.6. The Morgan fingerprint density at radius 1 is 1.50 bits per heavy atom. The molecule has 1 aliphatic heterocycles. The van der Waals surface area contributed by atoms with Crippen LogP contribution in [0.1, 0.15) is 31.4 Å². The number of imide groups is 1. The highest BCUT2D eigenvalue weighted by Crippen LogP contribution is 2.35. The van der Waals surface area contributed by atoms with Crippen LogP contribution in [0.4, 0.5) is 0 Å². The zero-order valence-electron chi connectivity index (χ0n) is 9.63. The monoisotopic (exact) mass is 306 g/mol. The van der Waals surface area contributed by atoms with Gasteiger partial charge in [0.15, 0.2) is 0 Å². The van der Waals surface area contributed by atoms with Crippen LogP contribution in [0.25, 0.3) is 0 Å². The van der Waals surface area contributed by atoms with Crippen molar-refractivity contribution in [2.75, 3.05) is 0 Å². The van der Waals surface area contributed by atoms with Gasteiger partial charge in [-0.05, 0) is 25.0 Å². The molecule has 2 N–H and O–H groups in total. The summed E-state index contributed by atoms with van der Waals surface area (Å²) in [7, 11) is 0. The molecule has 0 aliphatic carbocycles.